The summed E-state index contributed by atoms with van der Waals surface area (Å²) < 4.78 is 5.75. The van der Waals surface area contributed by atoms with E-state index in [-0.39, 0.29) is 5.69 Å². The Morgan fingerprint density at radius 3 is 2.64 bits per heavy atom. The van der Waals surface area contributed by atoms with Gasteiger partial charge < -0.3 is 14.4 Å². The number of hydrogen-bond donors (Lipinski definition) is 2. The first-order chi connectivity index (χ1) is 6.54. The zero-order valence-corrected chi connectivity index (χ0v) is 7.77. The molecule has 0 bridgehead atoms. The zero-order valence-electron chi connectivity index (χ0n) is 7.77. The van der Waals surface area contributed by atoms with Gasteiger partial charge in [0.1, 0.15) is 5.69 Å². The van der Waals surface area contributed by atoms with Gasteiger partial charge in [0.15, 0.2) is 0 Å². The number of methoxy groups -OCH3 is 1. The molecule has 0 saturated carbocycles. The number of anilines is 1. The predicted molar refractivity (Wildman–Crippen MR) is 48.4 cm³/mol. The number of amides is 1. The van der Waals surface area contributed by atoms with E-state index >= 15 is 0 Å². The fourth-order valence-corrected chi connectivity index (χ4v) is 1.01. The second kappa shape index (κ2) is 3.82. The zero-order chi connectivity index (χ0) is 10.7. The Bertz CT molecular complexity index is 369. The van der Waals surface area contributed by atoms with Crippen LogP contribution in [0.15, 0.2) is 12.3 Å². The number of hydrogen-bond acceptors (Lipinski definition) is 3. The van der Waals surface area contributed by atoms with Crippen molar-refractivity contribution in [2.45, 2.75) is 0 Å². The second-order valence-electron chi connectivity index (χ2n) is 2.65. The molecule has 0 radical (unpaired) electrons. The standard InChI is InChI=1S/C8H10N2O4/c1-10-4-5(9-8(13)14-2)3-6(10)7(11)12/h3-4H,1-2H3,(H,9,13)(H,11,12). The fraction of sp³-hybridized carbons (Fsp3) is 0.250. The third-order valence-corrected chi connectivity index (χ3v) is 1.66. The molecule has 0 fully saturated rings. The van der Waals surface area contributed by atoms with Crippen LogP contribution in [0.3, 0.4) is 0 Å². The van der Waals surface area contributed by atoms with Gasteiger partial charge in [-0.05, 0) is 6.07 Å². The first kappa shape index (κ1) is 10.1. The normalized spacial score (nSPS) is 9.57. The van der Waals surface area contributed by atoms with Gasteiger partial charge in [-0.25, -0.2) is 9.59 Å². The number of carbonyl (C=O) groups is 2. The fourth-order valence-electron chi connectivity index (χ4n) is 1.01. The van der Waals surface area contributed by atoms with Crippen LogP contribution in [0.5, 0.6) is 0 Å². The van der Waals surface area contributed by atoms with E-state index in [1.807, 2.05) is 0 Å². The van der Waals surface area contributed by atoms with E-state index in [9.17, 15) is 9.59 Å². The lowest BCUT2D eigenvalue weighted by Gasteiger charge is -1.98. The van der Waals surface area contributed by atoms with Crippen molar-refractivity contribution < 1.29 is 19.4 Å². The highest BCUT2D eigenvalue weighted by Crippen LogP contribution is 2.12. The summed E-state index contributed by atoms with van der Waals surface area (Å²) in [6, 6.07) is 1.35. The Balaban J connectivity index is 2.86. The number of carbonyl (C=O) groups excluding carboxylic acids is 1. The molecule has 0 aromatic carbocycles. The van der Waals surface area contributed by atoms with Crippen LogP contribution in [0.4, 0.5) is 10.5 Å². The molecule has 6 heteroatoms. The molecule has 0 saturated heterocycles. The van der Waals surface area contributed by atoms with E-state index in [1.165, 1.54) is 23.9 Å². The number of carboxylic acid groups (broad SMARTS) is 1. The van der Waals surface area contributed by atoms with Crippen molar-refractivity contribution in [3.8, 4) is 0 Å². The van der Waals surface area contributed by atoms with Gasteiger partial charge in [-0.1, -0.05) is 0 Å². The average Bonchev–Trinajstić information content (AvgIpc) is 2.46. The van der Waals surface area contributed by atoms with E-state index in [4.69, 9.17) is 5.11 Å². The molecule has 0 atom stereocenters. The van der Waals surface area contributed by atoms with Crippen molar-refractivity contribution in [2.75, 3.05) is 12.4 Å². The van der Waals surface area contributed by atoms with Gasteiger partial charge in [0, 0.05) is 13.2 Å². The molecule has 0 aliphatic rings. The molecule has 76 valence electrons. The molecule has 1 aromatic heterocycles. The Kier molecular flexibility index (Phi) is 2.76. The summed E-state index contributed by atoms with van der Waals surface area (Å²) in [6.45, 7) is 0. The number of aromatic nitrogens is 1. The van der Waals surface area contributed by atoms with E-state index in [2.05, 4.69) is 10.1 Å². The topological polar surface area (TPSA) is 80.6 Å². The second-order valence-corrected chi connectivity index (χ2v) is 2.65. The summed E-state index contributed by atoms with van der Waals surface area (Å²) in [5.41, 5.74) is 0.480. The number of aryl methyl sites for hydroxylation is 1. The van der Waals surface area contributed by atoms with Crippen LogP contribution >= 0.6 is 0 Å². The molecule has 0 aliphatic carbocycles. The molecule has 14 heavy (non-hydrogen) atoms. The van der Waals surface area contributed by atoms with Gasteiger partial charge in [-0.3, -0.25) is 5.32 Å². The average molecular weight is 198 g/mol. The maximum absolute atomic E-state index is 10.8. The molecule has 1 aromatic rings. The number of aromatic carboxylic acids is 1. The van der Waals surface area contributed by atoms with Crippen LogP contribution in [0.1, 0.15) is 10.5 Å². The van der Waals surface area contributed by atoms with Crippen molar-refractivity contribution in [1.29, 1.82) is 0 Å². The predicted octanol–water partition coefficient (Wildman–Crippen LogP) is 0.902. The number of ether oxygens (including phenoxy) is 1. The van der Waals surface area contributed by atoms with Crippen molar-refractivity contribution in [3.63, 3.8) is 0 Å². The summed E-state index contributed by atoms with van der Waals surface area (Å²) in [6.07, 6.45) is 0.855. The van der Waals surface area contributed by atoms with Crippen LogP contribution in [0.25, 0.3) is 0 Å². The number of rotatable bonds is 2. The highest BCUT2D eigenvalue weighted by atomic mass is 16.5. The lowest BCUT2D eigenvalue weighted by atomic mass is 10.4. The SMILES string of the molecule is COC(=O)Nc1cc(C(=O)O)n(C)c1. The van der Waals surface area contributed by atoms with Crippen LogP contribution in [-0.4, -0.2) is 28.8 Å². The van der Waals surface area contributed by atoms with Crippen LogP contribution < -0.4 is 5.32 Å². The van der Waals surface area contributed by atoms with Gasteiger partial charge >= 0.3 is 12.1 Å². The van der Waals surface area contributed by atoms with Gasteiger partial charge in [-0.2, -0.15) is 0 Å². The molecule has 2 N–H and O–H groups in total. The van der Waals surface area contributed by atoms with E-state index < -0.39 is 12.1 Å². The molecule has 1 heterocycles. The van der Waals surface area contributed by atoms with Crippen LogP contribution in [0.2, 0.25) is 0 Å². The van der Waals surface area contributed by atoms with Gasteiger partial charge in [-0.15, -0.1) is 0 Å². The molecule has 6 nitrogen and oxygen atoms in total. The first-order valence-corrected chi connectivity index (χ1v) is 3.79. The quantitative estimate of drug-likeness (QED) is 0.739. The van der Waals surface area contributed by atoms with E-state index in [0.717, 1.165) is 0 Å². The smallest absolute Gasteiger partial charge is 0.411 e. The first-order valence-electron chi connectivity index (χ1n) is 3.79. The van der Waals surface area contributed by atoms with E-state index in [1.54, 1.807) is 7.05 Å². The summed E-state index contributed by atoms with van der Waals surface area (Å²) >= 11 is 0. The largest absolute Gasteiger partial charge is 0.477 e. The van der Waals surface area contributed by atoms with Crippen molar-refractivity contribution in [1.82, 2.24) is 4.57 Å². The molecule has 0 aliphatic heterocycles. The highest BCUT2D eigenvalue weighted by Gasteiger charge is 2.11. The Hall–Kier alpha value is -1.98. The maximum Gasteiger partial charge on any atom is 0.411 e. The molecular formula is C8H10N2O4. The molecule has 1 amide bonds. The Labute approximate surface area is 80.1 Å². The lowest BCUT2D eigenvalue weighted by Crippen LogP contribution is -2.10. The molecule has 0 unspecified atom stereocenters. The maximum atomic E-state index is 10.8. The van der Waals surface area contributed by atoms with Crippen molar-refractivity contribution in [2.24, 2.45) is 7.05 Å². The number of carboxylic acids is 1. The minimum absolute atomic E-state index is 0.0939. The summed E-state index contributed by atoms with van der Waals surface area (Å²) in [5.74, 6) is -1.05. The highest BCUT2D eigenvalue weighted by molar-refractivity contribution is 5.90. The minimum atomic E-state index is -1.05. The Morgan fingerprint density at radius 1 is 1.57 bits per heavy atom. The third kappa shape index (κ3) is 2.03. The van der Waals surface area contributed by atoms with Crippen molar-refractivity contribution >= 4 is 17.7 Å². The minimum Gasteiger partial charge on any atom is -0.477 e. The lowest BCUT2D eigenvalue weighted by molar-refractivity contribution is 0.0686. The third-order valence-electron chi connectivity index (χ3n) is 1.66. The Morgan fingerprint density at radius 2 is 2.21 bits per heavy atom. The van der Waals surface area contributed by atoms with Crippen LogP contribution in [0, 0.1) is 0 Å². The van der Waals surface area contributed by atoms with Gasteiger partial charge in [0.05, 0.1) is 12.8 Å². The van der Waals surface area contributed by atoms with Crippen LogP contribution in [-0.2, 0) is 11.8 Å². The summed E-state index contributed by atoms with van der Waals surface area (Å²) in [7, 11) is 2.81. The molecular weight excluding hydrogens is 188 g/mol. The monoisotopic (exact) mass is 198 g/mol. The van der Waals surface area contributed by atoms with Gasteiger partial charge in [0.2, 0.25) is 0 Å². The van der Waals surface area contributed by atoms with Gasteiger partial charge in [0.25, 0.3) is 0 Å². The number of nitrogens with one attached hydrogen (secondary N) is 1. The molecule has 0 spiro atoms. The van der Waals surface area contributed by atoms with Crippen molar-refractivity contribution in [3.05, 3.63) is 18.0 Å². The summed E-state index contributed by atoms with van der Waals surface area (Å²) in [4.78, 5) is 21.4. The molecule has 1 rings (SSSR count). The van der Waals surface area contributed by atoms with E-state index in [0.29, 0.717) is 5.69 Å². The number of nitrogens with zero attached hydrogens (tertiary/aromatic N) is 1. The summed E-state index contributed by atoms with van der Waals surface area (Å²) in [5, 5.41) is 11.1.